The number of allylic oxidation sites excluding steroid dienone is 4. The first-order valence-electron chi connectivity index (χ1n) is 16.6. The molecular formula is C45H35NO. The minimum atomic E-state index is -0.0181. The zero-order valence-corrected chi connectivity index (χ0v) is 26.7. The molecule has 0 saturated carbocycles. The lowest BCUT2D eigenvalue weighted by Gasteiger charge is -2.31. The number of hydrogen-bond donors (Lipinski definition) is 0. The van der Waals surface area contributed by atoms with Gasteiger partial charge in [0.15, 0.2) is 0 Å². The van der Waals surface area contributed by atoms with Crippen molar-refractivity contribution in [3.8, 4) is 22.3 Å². The predicted octanol–water partition coefficient (Wildman–Crippen LogP) is 12.5. The highest BCUT2D eigenvalue weighted by Crippen LogP contribution is 2.50. The van der Waals surface area contributed by atoms with Gasteiger partial charge in [0.1, 0.15) is 11.2 Å². The summed E-state index contributed by atoms with van der Waals surface area (Å²) >= 11 is 0. The summed E-state index contributed by atoms with van der Waals surface area (Å²) in [5.74, 6) is 0. The molecule has 0 amide bonds. The number of nitrogens with zero attached hydrogens (tertiary/aromatic N) is 1. The number of benzene rings is 6. The number of rotatable bonds is 5. The highest BCUT2D eigenvalue weighted by Gasteiger charge is 2.35. The Hall–Kier alpha value is -5.60. The summed E-state index contributed by atoms with van der Waals surface area (Å²) in [6.07, 6.45) is 6.60. The monoisotopic (exact) mass is 605 g/mol. The smallest absolute Gasteiger partial charge is 0.135 e. The van der Waals surface area contributed by atoms with Crippen LogP contribution in [-0.4, -0.2) is 0 Å². The van der Waals surface area contributed by atoms with E-state index in [0.29, 0.717) is 0 Å². The van der Waals surface area contributed by atoms with Crippen LogP contribution in [0.15, 0.2) is 162 Å². The number of fused-ring (bicyclic) bond motifs is 6. The highest BCUT2D eigenvalue weighted by molar-refractivity contribution is 6.06. The second kappa shape index (κ2) is 10.7. The van der Waals surface area contributed by atoms with Crippen molar-refractivity contribution in [3.05, 3.63) is 174 Å². The van der Waals surface area contributed by atoms with Gasteiger partial charge >= 0.3 is 0 Å². The third-order valence-corrected chi connectivity index (χ3v) is 10.2. The largest absolute Gasteiger partial charge is 0.456 e. The molecule has 7 aromatic rings. The molecule has 0 unspecified atom stereocenters. The Morgan fingerprint density at radius 3 is 2.04 bits per heavy atom. The van der Waals surface area contributed by atoms with Crippen molar-refractivity contribution < 1.29 is 4.42 Å². The normalized spacial score (nSPS) is 14.9. The van der Waals surface area contributed by atoms with Gasteiger partial charge in [-0.25, -0.2) is 0 Å². The Kier molecular flexibility index (Phi) is 6.33. The molecule has 0 fully saturated rings. The minimum Gasteiger partial charge on any atom is -0.456 e. The maximum atomic E-state index is 6.09. The number of hydrogen-bond acceptors (Lipinski definition) is 2. The van der Waals surface area contributed by atoms with Crippen LogP contribution in [-0.2, 0) is 5.41 Å². The quantitative estimate of drug-likeness (QED) is 0.194. The summed E-state index contributed by atoms with van der Waals surface area (Å²) in [6, 6.07) is 50.6. The van der Waals surface area contributed by atoms with E-state index in [4.69, 9.17) is 4.42 Å². The van der Waals surface area contributed by atoms with Crippen molar-refractivity contribution in [1.29, 1.82) is 0 Å². The topological polar surface area (TPSA) is 16.4 Å². The van der Waals surface area contributed by atoms with Gasteiger partial charge in [0.25, 0.3) is 0 Å². The molecule has 6 aromatic carbocycles. The Balaban J connectivity index is 1.14. The van der Waals surface area contributed by atoms with Crippen molar-refractivity contribution in [2.24, 2.45) is 0 Å². The maximum absolute atomic E-state index is 6.09. The van der Waals surface area contributed by atoms with Crippen molar-refractivity contribution in [2.75, 3.05) is 4.90 Å². The summed E-state index contributed by atoms with van der Waals surface area (Å²) in [5, 5.41) is 2.30. The van der Waals surface area contributed by atoms with Crippen LogP contribution in [0.5, 0.6) is 0 Å². The molecule has 0 radical (unpaired) electrons. The molecule has 0 atom stereocenters. The van der Waals surface area contributed by atoms with Crippen LogP contribution >= 0.6 is 0 Å². The predicted molar refractivity (Wildman–Crippen MR) is 197 cm³/mol. The number of furan rings is 1. The Bertz CT molecular complexity index is 2370. The number of anilines is 2. The third kappa shape index (κ3) is 4.55. The van der Waals surface area contributed by atoms with Gasteiger partial charge in [-0.1, -0.05) is 117 Å². The molecule has 2 heteroatoms. The van der Waals surface area contributed by atoms with E-state index in [0.717, 1.165) is 40.5 Å². The standard InChI is InChI=1S/C45H35NO/c1-45(2)41-14-8-6-12-37(41)39-29-36(25-26-42(39)45)46(34-21-16-31(17-22-34)30-10-4-3-5-11-30)35-23-18-32(19-24-35)33-20-27-44-40(28-33)38-13-7-9-15-43(38)47-44/h3-16,18-21,23-29H,17,22H2,1-2H3. The molecule has 47 heavy (non-hydrogen) atoms. The van der Waals surface area contributed by atoms with E-state index in [2.05, 4.69) is 158 Å². The molecule has 2 aliphatic rings. The van der Waals surface area contributed by atoms with Gasteiger partial charge in [-0.05, 0) is 106 Å². The van der Waals surface area contributed by atoms with E-state index in [1.165, 1.54) is 55.9 Å². The van der Waals surface area contributed by atoms with Crippen LogP contribution in [0.25, 0.3) is 49.8 Å². The van der Waals surface area contributed by atoms with Crippen LogP contribution in [0.3, 0.4) is 0 Å². The Morgan fingerprint density at radius 2 is 1.21 bits per heavy atom. The van der Waals surface area contributed by atoms with Gasteiger partial charge in [0.2, 0.25) is 0 Å². The average molecular weight is 606 g/mol. The number of para-hydroxylation sites is 1. The molecule has 0 N–H and O–H groups in total. The maximum Gasteiger partial charge on any atom is 0.135 e. The zero-order valence-electron chi connectivity index (χ0n) is 26.7. The summed E-state index contributed by atoms with van der Waals surface area (Å²) in [4.78, 5) is 2.46. The molecule has 9 rings (SSSR count). The fraction of sp³-hybridized carbons (Fsp3) is 0.111. The Morgan fingerprint density at radius 1 is 0.511 bits per heavy atom. The molecule has 226 valence electrons. The summed E-state index contributed by atoms with van der Waals surface area (Å²) in [5.41, 5.74) is 16.0. The zero-order chi connectivity index (χ0) is 31.5. The molecule has 2 aliphatic carbocycles. The van der Waals surface area contributed by atoms with Gasteiger partial charge in [-0.15, -0.1) is 0 Å². The van der Waals surface area contributed by atoms with Crippen molar-refractivity contribution in [1.82, 2.24) is 0 Å². The molecule has 0 aliphatic heterocycles. The summed E-state index contributed by atoms with van der Waals surface area (Å²) in [7, 11) is 0. The van der Waals surface area contributed by atoms with Crippen LogP contribution in [0.2, 0.25) is 0 Å². The van der Waals surface area contributed by atoms with Crippen molar-refractivity contribution >= 4 is 38.9 Å². The summed E-state index contributed by atoms with van der Waals surface area (Å²) < 4.78 is 6.09. The highest BCUT2D eigenvalue weighted by atomic mass is 16.3. The molecular weight excluding hydrogens is 571 g/mol. The van der Waals surface area contributed by atoms with Crippen molar-refractivity contribution in [3.63, 3.8) is 0 Å². The molecule has 2 nitrogen and oxygen atoms in total. The lowest BCUT2D eigenvalue weighted by molar-refractivity contribution is 0.660. The fourth-order valence-corrected chi connectivity index (χ4v) is 7.74. The van der Waals surface area contributed by atoms with Crippen LogP contribution in [0.4, 0.5) is 11.4 Å². The van der Waals surface area contributed by atoms with E-state index in [-0.39, 0.29) is 5.41 Å². The van der Waals surface area contributed by atoms with Crippen molar-refractivity contribution in [2.45, 2.75) is 32.1 Å². The fourth-order valence-electron chi connectivity index (χ4n) is 7.74. The van der Waals surface area contributed by atoms with Gasteiger partial charge in [-0.2, -0.15) is 0 Å². The molecule has 0 saturated heterocycles. The third-order valence-electron chi connectivity index (χ3n) is 10.2. The van der Waals surface area contributed by atoms with Crippen LogP contribution in [0, 0.1) is 0 Å². The lowest BCUT2D eigenvalue weighted by atomic mass is 9.82. The lowest BCUT2D eigenvalue weighted by Crippen LogP contribution is -2.19. The second-order valence-corrected chi connectivity index (χ2v) is 13.3. The van der Waals surface area contributed by atoms with Gasteiger partial charge in [0, 0.05) is 33.3 Å². The first-order valence-corrected chi connectivity index (χ1v) is 16.6. The molecule has 0 spiro atoms. The summed E-state index contributed by atoms with van der Waals surface area (Å²) in [6.45, 7) is 4.69. The first kappa shape index (κ1) is 27.7. The SMILES string of the molecule is CC1(C)c2ccccc2-c2cc(N(C3=CC=C(c4ccccc4)CC3)c3ccc(-c4ccc5oc6ccccc6c5c4)cc3)ccc21. The molecule has 1 aromatic heterocycles. The van der Waals surface area contributed by atoms with E-state index < -0.39 is 0 Å². The second-order valence-electron chi connectivity index (χ2n) is 13.3. The van der Waals surface area contributed by atoms with Crippen LogP contribution in [0.1, 0.15) is 43.4 Å². The minimum absolute atomic E-state index is 0.0181. The van der Waals surface area contributed by atoms with E-state index >= 15 is 0 Å². The van der Waals surface area contributed by atoms with E-state index in [9.17, 15) is 0 Å². The molecule has 0 bridgehead atoms. The van der Waals surface area contributed by atoms with E-state index in [1.807, 2.05) is 12.1 Å². The first-order chi connectivity index (χ1) is 23.0. The van der Waals surface area contributed by atoms with Gasteiger partial charge in [-0.3, -0.25) is 0 Å². The molecule has 1 heterocycles. The Labute approximate surface area is 275 Å². The average Bonchev–Trinajstić information content (AvgIpc) is 3.61. The van der Waals surface area contributed by atoms with E-state index in [1.54, 1.807) is 0 Å². The van der Waals surface area contributed by atoms with Gasteiger partial charge in [0.05, 0.1) is 0 Å². The van der Waals surface area contributed by atoms with Gasteiger partial charge < -0.3 is 9.32 Å². The van der Waals surface area contributed by atoms with Crippen LogP contribution < -0.4 is 4.90 Å².